The summed E-state index contributed by atoms with van der Waals surface area (Å²) in [6.07, 6.45) is -4.21. The highest BCUT2D eigenvalue weighted by Crippen LogP contribution is 2.26. The van der Waals surface area contributed by atoms with E-state index in [1.165, 1.54) is 35.4 Å². The van der Waals surface area contributed by atoms with Crippen LogP contribution in [0.3, 0.4) is 0 Å². The number of nitrogens with zero attached hydrogens (tertiary/aromatic N) is 3. The van der Waals surface area contributed by atoms with E-state index >= 15 is 0 Å². The van der Waals surface area contributed by atoms with Gasteiger partial charge in [0.05, 0.1) is 0 Å². The van der Waals surface area contributed by atoms with Crippen molar-refractivity contribution in [2.45, 2.75) is 18.5 Å². The van der Waals surface area contributed by atoms with Crippen LogP contribution in [0.15, 0.2) is 47.5 Å². The Morgan fingerprint density at radius 1 is 1.07 bits per heavy atom. The van der Waals surface area contributed by atoms with Crippen LogP contribution in [0.2, 0.25) is 0 Å². The van der Waals surface area contributed by atoms with Crippen molar-refractivity contribution in [2.24, 2.45) is 5.10 Å². The molecule has 0 bridgehead atoms. The van der Waals surface area contributed by atoms with Crippen LogP contribution in [0.4, 0.5) is 26.3 Å². The van der Waals surface area contributed by atoms with Gasteiger partial charge in [0, 0.05) is 24.0 Å². The van der Waals surface area contributed by atoms with Gasteiger partial charge in [0.2, 0.25) is 5.88 Å². The minimum Gasteiger partial charge on any atom is -0.484 e. The van der Waals surface area contributed by atoms with Gasteiger partial charge in [-0.1, -0.05) is 0 Å². The molecule has 3 heterocycles. The maximum atomic E-state index is 12.4. The second-order valence-corrected chi connectivity index (χ2v) is 5.48. The molecule has 12 heteroatoms. The SMILES string of the molecule is FC(F)(F)COC1=CC=CN2C(c3ccnc(OCC(F)(F)F)c3)=NNC12. The van der Waals surface area contributed by atoms with Crippen LogP contribution in [-0.4, -0.2) is 47.5 Å². The summed E-state index contributed by atoms with van der Waals surface area (Å²) in [5.41, 5.74) is 2.99. The maximum Gasteiger partial charge on any atom is 0.422 e. The van der Waals surface area contributed by atoms with Crippen molar-refractivity contribution in [3.05, 3.63) is 48.0 Å². The van der Waals surface area contributed by atoms with E-state index in [1.54, 1.807) is 6.20 Å². The van der Waals surface area contributed by atoms with Crippen molar-refractivity contribution < 1.29 is 35.8 Å². The largest absolute Gasteiger partial charge is 0.484 e. The number of aromatic nitrogens is 1. The number of hydrazone groups is 1. The number of ether oxygens (including phenoxy) is 2. The number of pyridine rings is 1. The van der Waals surface area contributed by atoms with Crippen molar-refractivity contribution in [1.82, 2.24) is 15.3 Å². The normalized spacial score (nSPS) is 19.2. The van der Waals surface area contributed by atoms with Crippen LogP contribution in [0, 0.1) is 0 Å². The summed E-state index contributed by atoms with van der Waals surface area (Å²) in [7, 11) is 0. The number of alkyl halides is 6. The Hall–Kier alpha value is -2.92. The van der Waals surface area contributed by atoms with Crippen molar-refractivity contribution >= 4 is 5.84 Å². The molecule has 0 saturated carbocycles. The molecule has 1 N–H and O–H groups in total. The predicted molar refractivity (Wildman–Crippen MR) is 80.3 cm³/mol. The second-order valence-electron chi connectivity index (χ2n) is 5.48. The van der Waals surface area contributed by atoms with Crippen molar-refractivity contribution in [2.75, 3.05) is 13.2 Å². The number of hydrogen-bond acceptors (Lipinski definition) is 6. The molecule has 1 atom stereocenters. The molecule has 0 spiro atoms. The Labute approximate surface area is 148 Å². The van der Waals surface area contributed by atoms with Crippen molar-refractivity contribution in [1.29, 1.82) is 0 Å². The van der Waals surface area contributed by atoms with Gasteiger partial charge in [-0.15, -0.1) is 0 Å². The number of fused-ring (bicyclic) bond motifs is 1. The third-order valence-electron chi connectivity index (χ3n) is 3.37. The molecule has 146 valence electrons. The third-order valence-corrected chi connectivity index (χ3v) is 3.37. The van der Waals surface area contributed by atoms with E-state index in [0.29, 0.717) is 5.56 Å². The molecule has 1 aromatic rings. The molecule has 6 nitrogen and oxygen atoms in total. The summed E-state index contributed by atoms with van der Waals surface area (Å²) in [5, 5.41) is 4.03. The number of allylic oxidation sites excluding steroid dienone is 2. The summed E-state index contributed by atoms with van der Waals surface area (Å²) in [6.45, 7) is -2.96. The van der Waals surface area contributed by atoms with E-state index in [9.17, 15) is 26.3 Å². The van der Waals surface area contributed by atoms with Gasteiger partial charge in [0.1, 0.15) is 5.76 Å². The van der Waals surface area contributed by atoms with E-state index in [0.717, 1.165) is 0 Å². The average Bonchev–Trinajstić information content (AvgIpc) is 3.02. The van der Waals surface area contributed by atoms with Gasteiger partial charge in [-0.3, -0.25) is 5.43 Å². The Kier molecular flexibility index (Phi) is 4.89. The first-order chi connectivity index (χ1) is 12.6. The first-order valence-corrected chi connectivity index (χ1v) is 7.48. The number of hydrogen-bond donors (Lipinski definition) is 1. The number of amidine groups is 1. The van der Waals surface area contributed by atoms with Gasteiger partial charge < -0.3 is 14.4 Å². The van der Waals surface area contributed by atoms with E-state index in [2.05, 4.69) is 20.2 Å². The van der Waals surface area contributed by atoms with E-state index in [-0.39, 0.29) is 17.5 Å². The fourth-order valence-corrected chi connectivity index (χ4v) is 2.33. The number of halogens is 6. The Morgan fingerprint density at radius 2 is 1.78 bits per heavy atom. The zero-order valence-electron chi connectivity index (χ0n) is 13.4. The minimum atomic E-state index is -4.51. The van der Waals surface area contributed by atoms with Crippen LogP contribution >= 0.6 is 0 Å². The minimum absolute atomic E-state index is 0.00354. The van der Waals surface area contributed by atoms with Gasteiger partial charge in [0.25, 0.3) is 0 Å². The molecule has 1 aromatic heterocycles. The van der Waals surface area contributed by atoms with Gasteiger partial charge >= 0.3 is 12.4 Å². The van der Waals surface area contributed by atoms with Gasteiger partial charge in [-0.25, -0.2) is 4.98 Å². The molecule has 0 fully saturated rings. The number of rotatable bonds is 5. The van der Waals surface area contributed by atoms with Gasteiger partial charge in [0.15, 0.2) is 25.2 Å². The van der Waals surface area contributed by atoms with E-state index in [1.807, 2.05) is 0 Å². The molecular weight excluding hydrogens is 382 g/mol. The highest BCUT2D eigenvalue weighted by atomic mass is 19.4. The average molecular weight is 394 g/mol. The predicted octanol–water partition coefficient (Wildman–Crippen LogP) is 2.91. The molecule has 2 aliphatic rings. The Morgan fingerprint density at radius 3 is 2.48 bits per heavy atom. The summed E-state index contributed by atoms with van der Waals surface area (Å²) in [4.78, 5) is 5.17. The molecular formula is C15H12F6N4O2. The molecule has 0 radical (unpaired) electrons. The van der Waals surface area contributed by atoms with Crippen LogP contribution in [0.25, 0.3) is 0 Å². The quantitative estimate of drug-likeness (QED) is 0.779. The topological polar surface area (TPSA) is 59.0 Å². The smallest absolute Gasteiger partial charge is 0.422 e. The molecule has 27 heavy (non-hydrogen) atoms. The molecule has 0 aromatic carbocycles. The monoisotopic (exact) mass is 394 g/mol. The third kappa shape index (κ3) is 4.83. The van der Waals surface area contributed by atoms with Crippen LogP contribution in [0.5, 0.6) is 5.88 Å². The first kappa shape index (κ1) is 18.9. The summed E-state index contributed by atoms with van der Waals surface area (Å²) in [6, 6.07) is 2.72. The fraction of sp³-hybridized carbons (Fsp3) is 0.333. The number of nitrogens with one attached hydrogen (secondary N) is 1. The first-order valence-electron chi connectivity index (χ1n) is 7.48. The second kappa shape index (κ2) is 7.00. The lowest BCUT2D eigenvalue weighted by atomic mass is 10.2. The molecule has 0 amide bonds. The summed E-state index contributed by atoms with van der Waals surface area (Å²) >= 11 is 0. The zero-order valence-corrected chi connectivity index (χ0v) is 13.4. The Bertz CT molecular complexity index is 787. The van der Waals surface area contributed by atoms with Crippen molar-refractivity contribution in [3.63, 3.8) is 0 Å². The molecule has 1 unspecified atom stereocenters. The van der Waals surface area contributed by atoms with Crippen LogP contribution in [-0.2, 0) is 4.74 Å². The Balaban J connectivity index is 1.71. The molecule has 0 aliphatic carbocycles. The lowest BCUT2D eigenvalue weighted by Crippen LogP contribution is -2.41. The lowest BCUT2D eigenvalue weighted by Gasteiger charge is -2.28. The molecule has 0 saturated heterocycles. The van der Waals surface area contributed by atoms with Crippen LogP contribution < -0.4 is 10.2 Å². The maximum absolute atomic E-state index is 12.4. The van der Waals surface area contributed by atoms with E-state index < -0.39 is 31.7 Å². The summed E-state index contributed by atoms with van der Waals surface area (Å²) < 4.78 is 83.3. The van der Waals surface area contributed by atoms with Crippen LogP contribution in [0.1, 0.15) is 5.56 Å². The van der Waals surface area contributed by atoms with Gasteiger partial charge in [-0.05, 0) is 18.2 Å². The van der Waals surface area contributed by atoms with Crippen molar-refractivity contribution in [3.8, 4) is 5.88 Å². The lowest BCUT2D eigenvalue weighted by molar-refractivity contribution is -0.166. The zero-order chi connectivity index (χ0) is 19.7. The van der Waals surface area contributed by atoms with E-state index in [4.69, 9.17) is 4.74 Å². The highest BCUT2D eigenvalue weighted by molar-refractivity contribution is 6.00. The van der Waals surface area contributed by atoms with Gasteiger partial charge in [-0.2, -0.15) is 31.4 Å². The molecule has 2 aliphatic heterocycles. The summed E-state index contributed by atoms with van der Waals surface area (Å²) in [5.74, 6) is -0.00561. The standard InChI is InChI=1S/C15H12F6N4O2/c16-14(17,18)7-26-10-2-1-5-25-12(23-24-13(10)25)9-3-4-22-11(6-9)27-8-15(19,20)21/h1-6,13,24H,7-8H2. The highest BCUT2D eigenvalue weighted by Gasteiger charge is 2.36. The fourth-order valence-electron chi connectivity index (χ4n) is 2.33. The molecule has 3 rings (SSSR count).